The van der Waals surface area contributed by atoms with Crippen LogP contribution in [0, 0.1) is 5.92 Å². The smallest absolute Gasteiger partial charge is 0.237 e. The van der Waals surface area contributed by atoms with E-state index in [1.807, 2.05) is 4.90 Å². The van der Waals surface area contributed by atoms with Crippen LogP contribution in [0.5, 0.6) is 0 Å². The number of rotatable bonds is 4. The summed E-state index contributed by atoms with van der Waals surface area (Å²) < 4.78 is 0. The van der Waals surface area contributed by atoms with Crippen LogP contribution in [0.25, 0.3) is 0 Å². The molecule has 0 aliphatic carbocycles. The topological polar surface area (TPSA) is 61.4 Å². The van der Waals surface area contributed by atoms with Gasteiger partial charge in [0.2, 0.25) is 11.8 Å². The zero-order valence-electron chi connectivity index (χ0n) is 11.8. The molecule has 2 saturated heterocycles. The van der Waals surface area contributed by atoms with Gasteiger partial charge in [0.25, 0.3) is 0 Å². The first-order chi connectivity index (χ1) is 9.18. The third-order valence-electron chi connectivity index (χ3n) is 4.15. The van der Waals surface area contributed by atoms with E-state index in [2.05, 4.69) is 17.6 Å². The molecule has 2 N–H and O–H groups in total. The highest BCUT2D eigenvalue weighted by Crippen LogP contribution is 2.15. The van der Waals surface area contributed by atoms with Crippen molar-refractivity contribution in [3.63, 3.8) is 0 Å². The molecule has 0 spiro atoms. The van der Waals surface area contributed by atoms with E-state index in [1.165, 1.54) is 0 Å². The van der Waals surface area contributed by atoms with E-state index in [-0.39, 0.29) is 17.9 Å². The molecule has 2 rings (SSSR count). The highest BCUT2D eigenvalue weighted by atomic mass is 16.2. The van der Waals surface area contributed by atoms with Crippen LogP contribution in [0.3, 0.4) is 0 Å². The molecule has 5 nitrogen and oxygen atoms in total. The second-order valence-electron chi connectivity index (χ2n) is 5.68. The molecule has 0 saturated carbocycles. The molecule has 108 valence electrons. The average Bonchev–Trinajstić information content (AvgIpc) is 2.93. The van der Waals surface area contributed by atoms with Crippen LogP contribution in [0.15, 0.2) is 0 Å². The maximum atomic E-state index is 12.0. The van der Waals surface area contributed by atoms with Crippen LogP contribution < -0.4 is 10.6 Å². The summed E-state index contributed by atoms with van der Waals surface area (Å²) in [5, 5.41) is 6.14. The van der Waals surface area contributed by atoms with Crippen LogP contribution in [-0.4, -0.2) is 48.9 Å². The van der Waals surface area contributed by atoms with Crippen LogP contribution >= 0.6 is 0 Å². The minimum Gasteiger partial charge on any atom is -0.354 e. The summed E-state index contributed by atoms with van der Waals surface area (Å²) in [6, 6.07) is -0.0874. The molecule has 2 fully saturated rings. The Balaban J connectivity index is 1.67. The fourth-order valence-electron chi connectivity index (χ4n) is 2.93. The van der Waals surface area contributed by atoms with Gasteiger partial charge in [0, 0.05) is 26.1 Å². The van der Waals surface area contributed by atoms with Gasteiger partial charge in [-0.2, -0.15) is 0 Å². The Labute approximate surface area is 115 Å². The highest BCUT2D eigenvalue weighted by Gasteiger charge is 2.27. The number of carbonyl (C=O) groups excluding carboxylic acids is 2. The molecule has 0 radical (unpaired) electrons. The average molecular weight is 267 g/mol. The number of likely N-dealkylation sites (tertiary alicyclic amines) is 1. The lowest BCUT2D eigenvalue weighted by molar-refractivity contribution is -0.130. The number of nitrogens with one attached hydrogen (secondary N) is 2. The van der Waals surface area contributed by atoms with Crippen molar-refractivity contribution in [3.05, 3.63) is 0 Å². The van der Waals surface area contributed by atoms with Crippen molar-refractivity contribution >= 4 is 11.8 Å². The standard InChI is InChI=1S/C14H25N3O2/c1-11-5-4-7-15-13(11)14(19)16-8-6-12(18)17-9-2-3-10-17/h11,13,15H,2-10H2,1H3,(H,16,19). The lowest BCUT2D eigenvalue weighted by Crippen LogP contribution is -2.51. The van der Waals surface area contributed by atoms with E-state index in [0.717, 1.165) is 45.3 Å². The first-order valence-corrected chi connectivity index (χ1v) is 7.47. The summed E-state index contributed by atoms with van der Waals surface area (Å²) in [7, 11) is 0. The minimum absolute atomic E-state index is 0.0430. The molecular weight excluding hydrogens is 242 g/mol. The molecule has 2 atom stereocenters. The summed E-state index contributed by atoms with van der Waals surface area (Å²) in [6.07, 6.45) is 4.88. The van der Waals surface area contributed by atoms with Crippen LogP contribution in [-0.2, 0) is 9.59 Å². The van der Waals surface area contributed by atoms with Crippen LogP contribution in [0.4, 0.5) is 0 Å². The molecule has 2 unspecified atom stereocenters. The van der Waals surface area contributed by atoms with Gasteiger partial charge in [0.15, 0.2) is 0 Å². The van der Waals surface area contributed by atoms with E-state index in [1.54, 1.807) is 0 Å². The first-order valence-electron chi connectivity index (χ1n) is 7.47. The summed E-state index contributed by atoms with van der Waals surface area (Å²) >= 11 is 0. The van der Waals surface area contributed by atoms with Gasteiger partial charge >= 0.3 is 0 Å². The van der Waals surface area contributed by atoms with Crippen LogP contribution in [0.2, 0.25) is 0 Å². The molecule has 2 aliphatic heterocycles. The number of nitrogens with zero attached hydrogens (tertiary/aromatic N) is 1. The number of carbonyl (C=O) groups is 2. The normalized spacial score (nSPS) is 27.3. The van der Waals surface area contributed by atoms with Gasteiger partial charge in [-0.25, -0.2) is 0 Å². The van der Waals surface area contributed by atoms with Crippen molar-refractivity contribution in [2.75, 3.05) is 26.2 Å². The Morgan fingerprint density at radius 2 is 2.00 bits per heavy atom. The van der Waals surface area contributed by atoms with E-state index in [9.17, 15) is 9.59 Å². The number of hydrogen-bond donors (Lipinski definition) is 2. The van der Waals surface area contributed by atoms with Gasteiger partial charge in [-0.1, -0.05) is 6.92 Å². The molecule has 5 heteroatoms. The Morgan fingerprint density at radius 3 is 2.68 bits per heavy atom. The number of amides is 2. The molecular formula is C14H25N3O2. The van der Waals surface area contributed by atoms with E-state index in [0.29, 0.717) is 18.9 Å². The fourth-order valence-corrected chi connectivity index (χ4v) is 2.93. The second kappa shape index (κ2) is 6.89. The predicted molar refractivity (Wildman–Crippen MR) is 73.6 cm³/mol. The zero-order chi connectivity index (χ0) is 13.7. The summed E-state index contributed by atoms with van der Waals surface area (Å²) in [5.74, 6) is 0.590. The van der Waals surface area contributed by atoms with Gasteiger partial charge in [-0.05, 0) is 38.1 Å². The molecule has 0 aromatic heterocycles. The second-order valence-corrected chi connectivity index (χ2v) is 5.68. The van der Waals surface area contributed by atoms with Gasteiger partial charge in [0.1, 0.15) is 0 Å². The van der Waals surface area contributed by atoms with E-state index >= 15 is 0 Å². The minimum atomic E-state index is -0.0874. The SMILES string of the molecule is CC1CCCNC1C(=O)NCCC(=O)N1CCCC1. The lowest BCUT2D eigenvalue weighted by Gasteiger charge is -2.29. The van der Waals surface area contributed by atoms with Gasteiger partial charge in [-0.3, -0.25) is 9.59 Å². The largest absolute Gasteiger partial charge is 0.354 e. The summed E-state index contributed by atoms with van der Waals surface area (Å²) in [6.45, 7) is 5.24. The molecule has 0 aromatic carbocycles. The zero-order valence-corrected chi connectivity index (χ0v) is 11.8. The maximum absolute atomic E-state index is 12.0. The molecule has 2 amide bonds. The van der Waals surface area contributed by atoms with E-state index in [4.69, 9.17) is 0 Å². The Morgan fingerprint density at radius 1 is 1.26 bits per heavy atom. The van der Waals surface area contributed by atoms with Crippen molar-refractivity contribution in [2.24, 2.45) is 5.92 Å². The Hall–Kier alpha value is -1.10. The first kappa shape index (κ1) is 14.3. The number of piperidine rings is 1. The Bertz CT molecular complexity index is 327. The summed E-state index contributed by atoms with van der Waals surface area (Å²) in [5.41, 5.74) is 0. The lowest BCUT2D eigenvalue weighted by atomic mass is 9.92. The number of hydrogen-bond acceptors (Lipinski definition) is 3. The van der Waals surface area contributed by atoms with Crippen LogP contribution in [0.1, 0.15) is 39.0 Å². The van der Waals surface area contributed by atoms with Crippen molar-refractivity contribution in [3.8, 4) is 0 Å². The Kier molecular flexibility index (Phi) is 5.19. The molecule has 0 aromatic rings. The van der Waals surface area contributed by atoms with Crippen molar-refractivity contribution in [1.29, 1.82) is 0 Å². The van der Waals surface area contributed by atoms with Gasteiger partial charge < -0.3 is 15.5 Å². The van der Waals surface area contributed by atoms with Gasteiger partial charge in [0.05, 0.1) is 6.04 Å². The molecule has 0 bridgehead atoms. The van der Waals surface area contributed by atoms with E-state index < -0.39 is 0 Å². The molecule has 19 heavy (non-hydrogen) atoms. The maximum Gasteiger partial charge on any atom is 0.237 e. The third-order valence-corrected chi connectivity index (χ3v) is 4.15. The summed E-state index contributed by atoms with van der Waals surface area (Å²) in [4.78, 5) is 25.7. The fraction of sp³-hybridized carbons (Fsp3) is 0.857. The van der Waals surface area contributed by atoms with Crippen molar-refractivity contribution < 1.29 is 9.59 Å². The third kappa shape index (κ3) is 3.93. The predicted octanol–water partition coefficient (Wildman–Crippen LogP) is 0.503. The molecule has 2 aliphatic rings. The quantitative estimate of drug-likeness (QED) is 0.780. The monoisotopic (exact) mass is 267 g/mol. The van der Waals surface area contributed by atoms with Crippen molar-refractivity contribution in [2.45, 2.75) is 45.1 Å². The highest BCUT2D eigenvalue weighted by molar-refractivity contribution is 5.83. The van der Waals surface area contributed by atoms with Gasteiger partial charge in [-0.15, -0.1) is 0 Å². The van der Waals surface area contributed by atoms with Crippen molar-refractivity contribution in [1.82, 2.24) is 15.5 Å². The molecule has 2 heterocycles.